The van der Waals surface area contributed by atoms with Crippen LogP contribution in [0.4, 0.5) is 0 Å². The lowest BCUT2D eigenvalue weighted by molar-refractivity contribution is -0.146. The molecule has 3 rings (SSSR count). The molecule has 8 heteroatoms. The van der Waals surface area contributed by atoms with Crippen LogP contribution in [0.2, 0.25) is 0 Å². The minimum absolute atomic E-state index is 0.00537. The van der Waals surface area contributed by atoms with Crippen molar-refractivity contribution < 1.29 is 23.6 Å². The SMILES string of the molecule is CC(=O)c1c(C)[nH]c(C(=O)C(C)OC(=O)CCc2nc(-c3ccc(C)cc3)no2)c1C. The predicted molar refractivity (Wildman–Crippen MR) is 113 cm³/mol. The first kappa shape index (κ1) is 22.1. The summed E-state index contributed by atoms with van der Waals surface area (Å²) in [5.74, 6) is -0.303. The zero-order chi connectivity index (χ0) is 22.7. The van der Waals surface area contributed by atoms with Crippen LogP contribution < -0.4 is 0 Å². The Hall–Kier alpha value is -3.55. The maximum absolute atomic E-state index is 12.7. The van der Waals surface area contributed by atoms with Gasteiger partial charge in [0.05, 0.1) is 12.1 Å². The van der Waals surface area contributed by atoms with Gasteiger partial charge in [0.15, 0.2) is 11.9 Å². The van der Waals surface area contributed by atoms with Gasteiger partial charge in [-0.05, 0) is 40.2 Å². The largest absolute Gasteiger partial charge is 0.454 e. The van der Waals surface area contributed by atoms with Gasteiger partial charge in [0, 0.05) is 23.2 Å². The topological polar surface area (TPSA) is 115 Å². The lowest BCUT2D eigenvalue weighted by Gasteiger charge is -2.11. The molecular formula is C23H25N3O5. The van der Waals surface area contributed by atoms with E-state index in [-0.39, 0.29) is 30.1 Å². The molecule has 2 heterocycles. The molecule has 0 spiro atoms. The third-order valence-electron chi connectivity index (χ3n) is 5.03. The highest BCUT2D eigenvalue weighted by Crippen LogP contribution is 2.21. The molecule has 0 aliphatic rings. The van der Waals surface area contributed by atoms with Crippen LogP contribution in [0.1, 0.15) is 63.8 Å². The van der Waals surface area contributed by atoms with Crippen molar-refractivity contribution in [2.24, 2.45) is 0 Å². The number of carbonyl (C=O) groups excluding carboxylic acids is 3. The first-order valence-corrected chi connectivity index (χ1v) is 10.0. The number of Topliss-reactive ketones (excluding diaryl/α,β-unsaturated/α-hetero) is 2. The smallest absolute Gasteiger partial charge is 0.307 e. The highest BCUT2D eigenvalue weighted by molar-refractivity contribution is 6.05. The van der Waals surface area contributed by atoms with E-state index in [2.05, 4.69) is 15.1 Å². The van der Waals surface area contributed by atoms with Gasteiger partial charge >= 0.3 is 5.97 Å². The number of H-pyrrole nitrogens is 1. The summed E-state index contributed by atoms with van der Waals surface area (Å²) in [5.41, 5.74) is 3.90. The lowest BCUT2D eigenvalue weighted by atomic mass is 10.0. The molecule has 2 aromatic heterocycles. The van der Waals surface area contributed by atoms with Gasteiger partial charge in [-0.15, -0.1) is 0 Å². The number of rotatable bonds is 8. The molecule has 0 aliphatic carbocycles. The molecule has 1 unspecified atom stereocenters. The number of nitrogens with zero attached hydrogens (tertiary/aromatic N) is 2. The molecule has 0 amide bonds. The lowest BCUT2D eigenvalue weighted by Crippen LogP contribution is -2.25. The predicted octanol–water partition coefficient (Wildman–Crippen LogP) is 3.94. The maximum Gasteiger partial charge on any atom is 0.307 e. The number of hydrogen-bond donors (Lipinski definition) is 1. The van der Waals surface area contributed by atoms with Gasteiger partial charge in [-0.1, -0.05) is 35.0 Å². The third-order valence-corrected chi connectivity index (χ3v) is 5.03. The van der Waals surface area contributed by atoms with Crippen LogP contribution in [0.5, 0.6) is 0 Å². The van der Waals surface area contributed by atoms with E-state index >= 15 is 0 Å². The highest BCUT2D eigenvalue weighted by Gasteiger charge is 2.26. The highest BCUT2D eigenvalue weighted by atomic mass is 16.5. The molecule has 1 aromatic carbocycles. The quantitative estimate of drug-likeness (QED) is 0.431. The second-order valence-electron chi connectivity index (χ2n) is 7.56. The van der Waals surface area contributed by atoms with Gasteiger partial charge in [0.1, 0.15) is 0 Å². The average Bonchev–Trinajstić information content (AvgIpc) is 3.30. The molecule has 0 aliphatic heterocycles. The fourth-order valence-electron chi connectivity index (χ4n) is 3.42. The van der Waals surface area contributed by atoms with Crippen molar-refractivity contribution in [3.63, 3.8) is 0 Å². The van der Waals surface area contributed by atoms with E-state index in [1.165, 1.54) is 13.8 Å². The molecule has 162 valence electrons. The first-order valence-electron chi connectivity index (χ1n) is 10.0. The molecule has 8 nitrogen and oxygen atoms in total. The number of aromatic amines is 1. The molecule has 1 atom stereocenters. The van der Waals surface area contributed by atoms with Gasteiger partial charge in [0.25, 0.3) is 0 Å². The van der Waals surface area contributed by atoms with Gasteiger partial charge in [-0.2, -0.15) is 4.98 Å². The summed E-state index contributed by atoms with van der Waals surface area (Å²) in [6, 6.07) is 7.70. The Labute approximate surface area is 180 Å². The number of benzene rings is 1. The number of aromatic nitrogens is 3. The Morgan fingerprint density at radius 3 is 2.42 bits per heavy atom. The minimum atomic E-state index is -0.991. The molecule has 3 aromatic rings. The van der Waals surface area contributed by atoms with Crippen molar-refractivity contribution in [1.29, 1.82) is 0 Å². The van der Waals surface area contributed by atoms with E-state index in [0.717, 1.165) is 11.1 Å². The van der Waals surface area contributed by atoms with Gasteiger partial charge < -0.3 is 14.2 Å². The number of esters is 1. The zero-order valence-electron chi connectivity index (χ0n) is 18.2. The summed E-state index contributed by atoms with van der Waals surface area (Å²) in [6.07, 6.45) is -0.794. The van der Waals surface area contributed by atoms with Gasteiger partial charge in [0.2, 0.25) is 17.5 Å². The molecular weight excluding hydrogens is 398 g/mol. The molecule has 0 bridgehead atoms. The normalized spacial score (nSPS) is 11.9. The van der Waals surface area contributed by atoms with Crippen LogP contribution in [-0.4, -0.2) is 38.8 Å². The standard InChI is InChI=1S/C23H25N3O5/c1-12-6-8-17(9-7-12)23-25-18(31-26-23)10-11-19(28)30-16(5)22(29)21-13(2)20(15(4)27)14(3)24-21/h6-9,16,24H,10-11H2,1-5H3. The summed E-state index contributed by atoms with van der Waals surface area (Å²) >= 11 is 0. The molecule has 1 N–H and O–H groups in total. The van der Waals surface area contributed by atoms with E-state index in [4.69, 9.17) is 9.26 Å². The van der Waals surface area contributed by atoms with Crippen molar-refractivity contribution in [1.82, 2.24) is 15.1 Å². The molecule has 0 saturated heterocycles. The number of carbonyl (C=O) groups is 3. The summed E-state index contributed by atoms with van der Waals surface area (Å²) in [7, 11) is 0. The maximum atomic E-state index is 12.7. The minimum Gasteiger partial charge on any atom is -0.454 e. The molecule has 31 heavy (non-hydrogen) atoms. The Morgan fingerprint density at radius 1 is 1.13 bits per heavy atom. The van der Waals surface area contributed by atoms with Crippen molar-refractivity contribution in [2.75, 3.05) is 0 Å². The van der Waals surface area contributed by atoms with Crippen molar-refractivity contribution >= 4 is 17.5 Å². The molecule has 0 saturated carbocycles. The second-order valence-corrected chi connectivity index (χ2v) is 7.56. The summed E-state index contributed by atoms with van der Waals surface area (Å²) in [5, 5.41) is 3.93. The number of ether oxygens (including phenoxy) is 1. The number of ketones is 2. The first-order chi connectivity index (χ1) is 14.7. The van der Waals surface area contributed by atoms with E-state index in [9.17, 15) is 14.4 Å². The fraction of sp³-hybridized carbons (Fsp3) is 0.348. The van der Waals surface area contributed by atoms with Crippen LogP contribution in [0, 0.1) is 20.8 Å². The Kier molecular flexibility index (Phi) is 6.48. The molecule has 0 radical (unpaired) electrons. The summed E-state index contributed by atoms with van der Waals surface area (Å²) in [4.78, 5) is 43.9. The van der Waals surface area contributed by atoms with E-state index in [1.54, 1.807) is 13.8 Å². The van der Waals surface area contributed by atoms with Crippen molar-refractivity contribution in [3.05, 3.63) is 58.2 Å². The van der Waals surface area contributed by atoms with Crippen LogP contribution in [0.3, 0.4) is 0 Å². The van der Waals surface area contributed by atoms with Gasteiger partial charge in [-0.3, -0.25) is 14.4 Å². The number of nitrogens with one attached hydrogen (secondary N) is 1. The van der Waals surface area contributed by atoms with Crippen LogP contribution in [0.25, 0.3) is 11.4 Å². The van der Waals surface area contributed by atoms with Crippen LogP contribution >= 0.6 is 0 Å². The number of aryl methyl sites for hydroxylation is 3. The third kappa shape index (κ3) is 4.96. The monoisotopic (exact) mass is 423 g/mol. The Morgan fingerprint density at radius 2 is 1.81 bits per heavy atom. The van der Waals surface area contributed by atoms with Gasteiger partial charge in [-0.25, -0.2) is 0 Å². The zero-order valence-corrected chi connectivity index (χ0v) is 18.2. The van der Waals surface area contributed by atoms with Crippen molar-refractivity contribution in [2.45, 2.75) is 53.6 Å². The Balaban J connectivity index is 1.57. The Bertz CT molecular complexity index is 1120. The van der Waals surface area contributed by atoms with E-state index in [1.807, 2.05) is 31.2 Å². The van der Waals surface area contributed by atoms with E-state index < -0.39 is 12.1 Å². The van der Waals surface area contributed by atoms with E-state index in [0.29, 0.717) is 28.5 Å². The second kappa shape index (κ2) is 9.07. The summed E-state index contributed by atoms with van der Waals surface area (Å²) < 4.78 is 10.5. The fourth-order valence-corrected chi connectivity index (χ4v) is 3.42. The van der Waals surface area contributed by atoms with Crippen LogP contribution in [0.15, 0.2) is 28.8 Å². The van der Waals surface area contributed by atoms with Crippen LogP contribution in [-0.2, 0) is 16.0 Å². The number of hydrogen-bond acceptors (Lipinski definition) is 7. The average molecular weight is 423 g/mol. The molecule has 0 fully saturated rings. The summed E-state index contributed by atoms with van der Waals surface area (Å²) in [6.45, 7) is 8.37. The van der Waals surface area contributed by atoms with Crippen molar-refractivity contribution in [3.8, 4) is 11.4 Å².